The summed E-state index contributed by atoms with van der Waals surface area (Å²) in [6.45, 7) is 2.15. The minimum absolute atomic E-state index is 0.133. The SMILES string of the molecule is CC(=O)NCCNC(=O)c1ccc(N)cc1N. The maximum atomic E-state index is 11.7. The van der Waals surface area contributed by atoms with Crippen LogP contribution in [-0.4, -0.2) is 24.9 Å². The summed E-state index contributed by atoms with van der Waals surface area (Å²) in [6, 6.07) is 4.71. The molecule has 1 aromatic carbocycles. The molecule has 1 aromatic rings. The van der Waals surface area contributed by atoms with Gasteiger partial charge in [-0.2, -0.15) is 0 Å². The maximum absolute atomic E-state index is 11.7. The normalized spacial score (nSPS) is 9.71. The quantitative estimate of drug-likeness (QED) is 0.425. The Hall–Kier alpha value is -2.24. The highest BCUT2D eigenvalue weighted by molar-refractivity contribution is 5.99. The lowest BCUT2D eigenvalue weighted by atomic mass is 10.1. The molecule has 0 saturated carbocycles. The number of carbonyl (C=O) groups is 2. The van der Waals surface area contributed by atoms with Gasteiger partial charge in [0, 0.05) is 31.4 Å². The monoisotopic (exact) mass is 236 g/mol. The van der Waals surface area contributed by atoms with Crippen molar-refractivity contribution in [3.05, 3.63) is 23.8 Å². The van der Waals surface area contributed by atoms with Crippen LogP contribution in [0.25, 0.3) is 0 Å². The molecule has 2 amide bonds. The number of anilines is 2. The van der Waals surface area contributed by atoms with Gasteiger partial charge in [0.1, 0.15) is 0 Å². The van der Waals surface area contributed by atoms with E-state index < -0.39 is 0 Å². The molecule has 0 spiro atoms. The summed E-state index contributed by atoms with van der Waals surface area (Å²) in [4.78, 5) is 22.3. The summed E-state index contributed by atoms with van der Waals surface area (Å²) in [5.41, 5.74) is 12.4. The highest BCUT2D eigenvalue weighted by Gasteiger charge is 2.08. The lowest BCUT2D eigenvalue weighted by Gasteiger charge is -2.08. The number of hydrogen-bond acceptors (Lipinski definition) is 4. The number of nitrogens with two attached hydrogens (primary N) is 2. The molecular weight excluding hydrogens is 220 g/mol. The predicted molar refractivity (Wildman–Crippen MR) is 66.3 cm³/mol. The number of benzene rings is 1. The van der Waals surface area contributed by atoms with Gasteiger partial charge in [-0.05, 0) is 18.2 Å². The third-order valence-corrected chi connectivity index (χ3v) is 2.10. The maximum Gasteiger partial charge on any atom is 0.253 e. The van der Waals surface area contributed by atoms with E-state index in [0.717, 1.165) is 0 Å². The number of hydrogen-bond donors (Lipinski definition) is 4. The summed E-state index contributed by atoms with van der Waals surface area (Å²) >= 11 is 0. The molecule has 0 bridgehead atoms. The van der Waals surface area contributed by atoms with Crippen LogP contribution in [0.1, 0.15) is 17.3 Å². The van der Waals surface area contributed by atoms with Gasteiger partial charge in [-0.1, -0.05) is 0 Å². The van der Waals surface area contributed by atoms with Crippen molar-refractivity contribution in [2.24, 2.45) is 0 Å². The van der Waals surface area contributed by atoms with Crippen LogP contribution in [0.15, 0.2) is 18.2 Å². The summed E-state index contributed by atoms with van der Waals surface area (Å²) < 4.78 is 0. The van der Waals surface area contributed by atoms with Gasteiger partial charge in [0.25, 0.3) is 5.91 Å². The van der Waals surface area contributed by atoms with E-state index in [1.807, 2.05) is 0 Å². The smallest absolute Gasteiger partial charge is 0.253 e. The molecule has 0 fully saturated rings. The van der Waals surface area contributed by atoms with Crippen molar-refractivity contribution in [3.8, 4) is 0 Å². The highest BCUT2D eigenvalue weighted by atomic mass is 16.2. The number of carbonyl (C=O) groups excluding carboxylic acids is 2. The Morgan fingerprint density at radius 1 is 1.18 bits per heavy atom. The van der Waals surface area contributed by atoms with E-state index in [4.69, 9.17) is 11.5 Å². The number of nitrogen functional groups attached to an aromatic ring is 2. The van der Waals surface area contributed by atoms with Crippen molar-refractivity contribution < 1.29 is 9.59 Å². The standard InChI is InChI=1S/C11H16N4O2/c1-7(16)14-4-5-15-11(17)9-3-2-8(12)6-10(9)13/h2-3,6H,4-5,12-13H2,1H3,(H,14,16)(H,15,17). The Morgan fingerprint density at radius 2 is 1.82 bits per heavy atom. The second kappa shape index (κ2) is 5.74. The van der Waals surface area contributed by atoms with Crippen LogP contribution in [0.4, 0.5) is 11.4 Å². The molecule has 6 nitrogen and oxygen atoms in total. The molecule has 0 aliphatic heterocycles. The summed E-state index contributed by atoms with van der Waals surface area (Å²) in [5.74, 6) is -0.418. The largest absolute Gasteiger partial charge is 0.399 e. The fourth-order valence-corrected chi connectivity index (χ4v) is 1.30. The van der Waals surface area contributed by atoms with E-state index in [0.29, 0.717) is 30.0 Å². The van der Waals surface area contributed by atoms with Crippen molar-refractivity contribution in [1.82, 2.24) is 10.6 Å². The summed E-state index contributed by atoms with van der Waals surface area (Å²) in [5, 5.41) is 5.21. The molecule has 17 heavy (non-hydrogen) atoms. The van der Waals surface area contributed by atoms with Gasteiger partial charge < -0.3 is 22.1 Å². The van der Waals surface area contributed by atoms with Crippen LogP contribution in [0.5, 0.6) is 0 Å². The molecule has 0 aromatic heterocycles. The fourth-order valence-electron chi connectivity index (χ4n) is 1.30. The second-order valence-corrected chi connectivity index (χ2v) is 3.59. The van der Waals surface area contributed by atoms with Gasteiger partial charge in [-0.3, -0.25) is 9.59 Å². The van der Waals surface area contributed by atoms with E-state index in [1.54, 1.807) is 12.1 Å². The molecule has 0 aliphatic rings. The number of nitrogens with one attached hydrogen (secondary N) is 2. The third kappa shape index (κ3) is 4.02. The van der Waals surface area contributed by atoms with Crippen molar-refractivity contribution >= 4 is 23.2 Å². The molecule has 0 unspecified atom stereocenters. The van der Waals surface area contributed by atoms with Crippen LogP contribution in [-0.2, 0) is 4.79 Å². The van der Waals surface area contributed by atoms with Gasteiger partial charge in [0.15, 0.2) is 0 Å². The molecule has 0 atom stereocenters. The first kappa shape index (κ1) is 12.8. The minimum atomic E-state index is -0.284. The van der Waals surface area contributed by atoms with E-state index in [2.05, 4.69) is 10.6 Å². The molecule has 0 radical (unpaired) electrons. The Kier molecular flexibility index (Phi) is 4.33. The Morgan fingerprint density at radius 3 is 2.41 bits per heavy atom. The summed E-state index contributed by atoms with van der Waals surface area (Å²) in [7, 11) is 0. The Balaban J connectivity index is 2.50. The number of amides is 2. The zero-order chi connectivity index (χ0) is 12.8. The minimum Gasteiger partial charge on any atom is -0.399 e. The molecule has 0 saturated heterocycles. The first-order chi connectivity index (χ1) is 8.00. The topological polar surface area (TPSA) is 110 Å². The molecule has 6 N–H and O–H groups in total. The molecule has 92 valence electrons. The zero-order valence-electron chi connectivity index (χ0n) is 9.62. The lowest BCUT2D eigenvalue weighted by molar-refractivity contribution is -0.118. The predicted octanol–water partition coefficient (Wildman–Crippen LogP) is -0.283. The molecule has 6 heteroatoms. The average molecular weight is 236 g/mol. The van der Waals surface area contributed by atoms with Crippen molar-refractivity contribution in [3.63, 3.8) is 0 Å². The third-order valence-electron chi connectivity index (χ3n) is 2.10. The van der Waals surface area contributed by atoms with Gasteiger partial charge in [-0.25, -0.2) is 0 Å². The average Bonchev–Trinajstić information content (AvgIpc) is 2.23. The van der Waals surface area contributed by atoms with Crippen LogP contribution in [0.3, 0.4) is 0 Å². The van der Waals surface area contributed by atoms with Crippen molar-refractivity contribution in [1.29, 1.82) is 0 Å². The molecular formula is C11H16N4O2. The van der Waals surface area contributed by atoms with Gasteiger partial charge in [-0.15, -0.1) is 0 Å². The zero-order valence-corrected chi connectivity index (χ0v) is 9.62. The lowest BCUT2D eigenvalue weighted by Crippen LogP contribution is -2.33. The van der Waals surface area contributed by atoms with Crippen molar-refractivity contribution in [2.75, 3.05) is 24.6 Å². The van der Waals surface area contributed by atoms with Crippen LogP contribution >= 0.6 is 0 Å². The van der Waals surface area contributed by atoms with Crippen LogP contribution in [0, 0.1) is 0 Å². The molecule has 0 aliphatic carbocycles. The Bertz CT molecular complexity index is 431. The van der Waals surface area contributed by atoms with Crippen molar-refractivity contribution in [2.45, 2.75) is 6.92 Å². The van der Waals surface area contributed by atoms with Crippen LogP contribution < -0.4 is 22.1 Å². The first-order valence-corrected chi connectivity index (χ1v) is 5.18. The first-order valence-electron chi connectivity index (χ1n) is 5.18. The highest BCUT2D eigenvalue weighted by Crippen LogP contribution is 2.15. The van der Waals surface area contributed by atoms with E-state index in [9.17, 15) is 9.59 Å². The second-order valence-electron chi connectivity index (χ2n) is 3.59. The van der Waals surface area contributed by atoms with Gasteiger partial charge >= 0.3 is 0 Å². The van der Waals surface area contributed by atoms with Gasteiger partial charge in [0.05, 0.1) is 5.56 Å². The number of rotatable bonds is 4. The fraction of sp³-hybridized carbons (Fsp3) is 0.273. The van der Waals surface area contributed by atoms with Gasteiger partial charge in [0.2, 0.25) is 5.91 Å². The van der Waals surface area contributed by atoms with Crippen LogP contribution in [0.2, 0.25) is 0 Å². The van der Waals surface area contributed by atoms with E-state index >= 15 is 0 Å². The summed E-state index contributed by atoms with van der Waals surface area (Å²) in [6.07, 6.45) is 0. The molecule has 0 heterocycles. The van der Waals surface area contributed by atoms with E-state index in [1.165, 1.54) is 13.0 Å². The molecule has 1 rings (SSSR count). The Labute approximate surface area is 99.4 Å². The van der Waals surface area contributed by atoms with E-state index in [-0.39, 0.29) is 11.8 Å².